The van der Waals surface area contributed by atoms with E-state index in [1.54, 1.807) is 19.2 Å². The fourth-order valence-corrected chi connectivity index (χ4v) is 3.64. The van der Waals surface area contributed by atoms with Gasteiger partial charge in [-0.05, 0) is 49.9 Å². The summed E-state index contributed by atoms with van der Waals surface area (Å²) in [6.45, 7) is 0. The van der Waals surface area contributed by atoms with E-state index in [-0.39, 0.29) is 6.04 Å². The second-order valence-electron chi connectivity index (χ2n) is 5.59. The quantitative estimate of drug-likeness (QED) is 0.839. The Labute approximate surface area is 119 Å². The minimum absolute atomic E-state index is 0.138. The van der Waals surface area contributed by atoms with E-state index < -0.39 is 10.0 Å². The molecule has 6 heteroatoms. The highest BCUT2D eigenvalue weighted by atomic mass is 32.2. The van der Waals surface area contributed by atoms with Crippen LogP contribution in [0.3, 0.4) is 0 Å². The summed E-state index contributed by atoms with van der Waals surface area (Å²) < 4.78 is 31.9. The molecule has 0 unspecified atom stereocenters. The highest BCUT2D eigenvalue weighted by molar-refractivity contribution is 7.89. The first-order valence-corrected chi connectivity index (χ1v) is 8.47. The zero-order valence-corrected chi connectivity index (χ0v) is 12.3. The van der Waals surface area contributed by atoms with Crippen LogP contribution >= 0.6 is 0 Å². The Balaban J connectivity index is 1.59. The number of nitrogens with one attached hydrogen (secondary N) is 2. The summed E-state index contributed by atoms with van der Waals surface area (Å²) in [5.41, 5.74) is 0.954. The van der Waals surface area contributed by atoms with Gasteiger partial charge in [-0.1, -0.05) is 0 Å². The van der Waals surface area contributed by atoms with Crippen molar-refractivity contribution in [2.75, 3.05) is 12.4 Å². The molecule has 0 heterocycles. The van der Waals surface area contributed by atoms with Crippen molar-refractivity contribution in [2.24, 2.45) is 0 Å². The first-order valence-electron chi connectivity index (χ1n) is 6.98. The molecule has 110 valence electrons. The van der Waals surface area contributed by atoms with Crippen LogP contribution in [0, 0.1) is 0 Å². The minimum atomic E-state index is -3.34. The molecule has 1 aromatic rings. The van der Waals surface area contributed by atoms with Crippen molar-refractivity contribution >= 4 is 15.7 Å². The summed E-state index contributed by atoms with van der Waals surface area (Å²) in [5.74, 6) is 0. The van der Waals surface area contributed by atoms with Crippen molar-refractivity contribution in [1.82, 2.24) is 4.72 Å². The van der Waals surface area contributed by atoms with Crippen LogP contribution in [0.4, 0.5) is 5.69 Å². The Bertz CT molecular complexity index is 561. The Kier molecular flexibility index (Phi) is 3.70. The monoisotopic (exact) mass is 296 g/mol. The standard InChI is InChI=1S/C14H20N2O3S/c1-19-13-8-12(9-13)15-10-4-6-14(7-5-10)20(17,18)16-11-2-3-11/h4-7,11-13,15-16H,2-3,8-9H2,1H3. The molecule has 2 N–H and O–H groups in total. The van der Waals surface area contributed by atoms with Crippen LogP contribution in [0.2, 0.25) is 0 Å². The first-order chi connectivity index (χ1) is 9.56. The lowest BCUT2D eigenvalue weighted by Crippen LogP contribution is -2.40. The van der Waals surface area contributed by atoms with Gasteiger partial charge in [0.1, 0.15) is 0 Å². The van der Waals surface area contributed by atoms with Crippen molar-refractivity contribution in [3.63, 3.8) is 0 Å². The average Bonchev–Trinajstić information content (AvgIpc) is 3.17. The van der Waals surface area contributed by atoms with Gasteiger partial charge in [0, 0.05) is 24.9 Å². The topological polar surface area (TPSA) is 67.4 Å². The smallest absolute Gasteiger partial charge is 0.240 e. The first kappa shape index (κ1) is 13.9. The minimum Gasteiger partial charge on any atom is -0.382 e. The van der Waals surface area contributed by atoms with Crippen LogP contribution in [-0.4, -0.2) is 33.7 Å². The van der Waals surface area contributed by atoms with Gasteiger partial charge in [-0.2, -0.15) is 0 Å². The van der Waals surface area contributed by atoms with Crippen molar-refractivity contribution in [3.8, 4) is 0 Å². The molecule has 2 saturated carbocycles. The summed E-state index contributed by atoms with van der Waals surface area (Å²) in [4.78, 5) is 0.332. The van der Waals surface area contributed by atoms with E-state index in [4.69, 9.17) is 4.74 Å². The molecule has 2 fully saturated rings. The van der Waals surface area contributed by atoms with Gasteiger partial charge in [0.05, 0.1) is 11.0 Å². The van der Waals surface area contributed by atoms with Crippen LogP contribution in [0.15, 0.2) is 29.2 Å². The second-order valence-corrected chi connectivity index (χ2v) is 7.30. The van der Waals surface area contributed by atoms with E-state index in [1.165, 1.54) is 0 Å². The van der Waals surface area contributed by atoms with E-state index in [9.17, 15) is 8.42 Å². The van der Waals surface area contributed by atoms with E-state index in [1.807, 2.05) is 12.1 Å². The van der Waals surface area contributed by atoms with Gasteiger partial charge in [-0.3, -0.25) is 0 Å². The zero-order valence-electron chi connectivity index (χ0n) is 11.5. The molecule has 0 aliphatic heterocycles. The molecule has 0 aromatic heterocycles. The number of rotatable bonds is 6. The van der Waals surface area contributed by atoms with Gasteiger partial charge < -0.3 is 10.1 Å². The predicted molar refractivity (Wildman–Crippen MR) is 77.2 cm³/mol. The summed E-state index contributed by atoms with van der Waals surface area (Å²) in [5, 5.41) is 3.38. The molecule has 0 saturated heterocycles. The maximum absolute atomic E-state index is 12.0. The molecule has 0 radical (unpaired) electrons. The van der Waals surface area contributed by atoms with E-state index >= 15 is 0 Å². The molecular weight excluding hydrogens is 276 g/mol. The Morgan fingerprint density at radius 3 is 2.30 bits per heavy atom. The molecule has 0 bridgehead atoms. The number of anilines is 1. The molecule has 0 atom stereocenters. The normalized spacial score (nSPS) is 26.1. The van der Waals surface area contributed by atoms with Crippen LogP contribution in [-0.2, 0) is 14.8 Å². The highest BCUT2D eigenvalue weighted by Gasteiger charge is 2.29. The van der Waals surface area contributed by atoms with E-state index in [0.717, 1.165) is 31.4 Å². The van der Waals surface area contributed by atoms with Crippen LogP contribution < -0.4 is 10.0 Å². The van der Waals surface area contributed by atoms with Crippen LogP contribution in [0.5, 0.6) is 0 Å². The molecule has 5 nitrogen and oxygen atoms in total. The lowest BCUT2D eigenvalue weighted by atomic mass is 9.89. The maximum atomic E-state index is 12.0. The fourth-order valence-electron chi connectivity index (χ4n) is 2.33. The number of methoxy groups -OCH3 is 1. The van der Waals surface area contributed by atoms with Crippen molar-refractivity contribution < 1.29 is 13.2 Å². The van der Waals surface area contributed by atoms with Gasteiger partial charge in [-0.15, -0.1) is 0 Å². The average molecular weight is 296 g/mol. The zero-order chi connectivity index (χ0) is 14.2. The third-order valence-corrected chi connectivity index (χ3v) is 5.40. The Hall–Kier alpha value is -1.11. The molecule has 0 spiro atoms. The fraction of sp³-hybridized carbons (Fsp3) is 0.571. The number of sulfonamides is 1. The lowest BCUT2D eigenvalue weighted by molar-refractivity contribution is 0.0329. The SMILES string of the molecule is COC1CC(Nc2ccc(S(=O)(=O)NC3CC3)cc2)C1. The van der Waals surface area contributed by atoms with E-state index in [0.29, 0.717) is 17.0 Å². The van der Waals surface area contributed by atoms with Crippen molar-refractivity contribution in [3.05, 3.63) is 24.3 Å². The number of hydrogen-bond donors (Lipinski definition) is 2. The van der Waals surface area contributed by atoms with Gasteiger partial charge >= 0.3 is 0 Å². The van der Waals surface area contributed by atoms with E-state index in [2.05, 4.69) is 10.0 Å². The molecule has 0 amide bonds. The maximum Gasteiger partial charge on any atom is 0.240 e. The molecule has 3 rings (SSSR count). The van der Waals surface area contributed by atoms with Crippen molar-refractivity contribution in [1.29, 1.82) is 0 Å². The molecule has 1 aromatic carbocycles. The Morgan fingerprint density at radius 2 is 1.75 bits per heavy atom. The highest BCUT2D eigenvalue weighted by Crippen LogP contribution is 2.27. The largest absolute Gasteiger partial charge is 0.382 e. The Morgan fingerprint density at radius 1 is 1.10 bits per heavy atom. The molecule has 2 aliphatic rings. The summed E-state index contributed by atoms with van der Waals surface area (Å²) in [6, 6.07) is 7.51. The number of hydrogen-bond acceptors (Lipinski definition) is 4. The third kappa shape index (κ3) is 3.13. The van der Waals surface area contributed by atoms with Crippen LogP contribution in [0.25, 0.3) is 0 Å². The second kappa shape index (κ2) is 5.35. The van der Waals surface area contributed by atoms with Crippen molar-refractivity contribution in [2.45, 2.75) is 48.8 Å². The third-order valence-electron chi connectivity index (χ3n) is 3.86. The molecular formula is C14H20N2O3S. The molecule has 2 aliphatic carbocycles. The summed E-state index contributed by atoms with van der Waals surface area (Å²) in [7, 11) is -1.61. The summed E-state index contributed by atoms with van der Waals surface area (Å²) >= 11 is 0. The lowest BCUT2D eigenvalue weighted by Gasteiger charge is -2.35. The van der Waals surface area contributed by atoms with Gasteiger partial charge in [0.15, 0.2) is 0 Å². The predicted octanol–water partition coefficient (Wildman–Crippen LogP) is 1.72. The number of ether oxygens (including phenoxy) is 1. The summed E-state index contributed by atoms with van der Waals surface area (Å²) in [6.07, 6.45) is 4.25. The van der Waals surface area contributed by atoms with Gasteiger partial charge in [0.25, 0.3) is 0 Å². The van der Waals surface area contributed by atoms with Gasteiger partial charge in [0.2, 0.25) is 10.0 Å². The molecule has 20 heavy (non-hydrogen) atoms. The van der Waals surface area contributed by atoms with Crippen LogP contribution in [0.1, 0.15) is 25.7 Å². The number of benzene rings is 1. The van der Waals surface area contributed by atoms with Gasteiger partial charge in [-0.25, -0.2) is 13.1 Å².